The fourth-order valence-corrected chi connectivity index (χ4v) is 8.50. The second-order valence-corrected chi connectivity index (χ2v) is 19.7. The molecule has 0 bridgehead atoms. The lowest BCUT2D eigenvalue weighted by molar-refractivity contribution is -0.144. The van der Waals surface area contributed by atoms with Gasteiger partial charge in [0.2, 0.25) is 17.7 Å². The average Bonchev–Trinajstić information content (AvgIpc) is 3.96. The van der Waals surface area contributed by atoms with Crippen LogP contribution in [0.2, 0.25) is 0 Å². The topological polar surface area (TPSA) is 211 Å². The molecule has 1 aliphatic heterocycles. The number of hydrogen-bond acceptors (Lipinski definition) is 14. The van der Waals surface area contributed by atoms with Gasteiger partial charge >= 0.3 is 0 Å². The number of ether oxygens (including phenoxy) is 4. The highest BCUT2D eigenvalue weighted by Gasteiger charge is 2.44. The molecule has 388 valence electrons. The smallest absolute Gasteiger partial charge is 0.277 e. The SMILES string of the molecule is Cc1ncsc1-c1ccc(CNC(=O)[C@@H]2C[C@@H](O)CN2C(=O)[C@@H](NC(=O)CCOCCOCCOCCOCCNCCCONC(=O)c2ccc(F)c(F)c2Nc2ccc(I)cc2F)C(C)(C)C)cc1. The van der Waals surface area contributed by atoms with E-state index >= 15 is 0 Å². The molecule has 0 aliphatic carbocycles. The van der Waals surface area contributed by atoms with Crippen LogP contribution in [0.5, 0.6) is 0 Å². The van der Waals surface area contributed by atoms with E-state index < -0.39 is 58.6 Å². The molecular weight excluding hydrogens is 1060 g/mol. The first-order valence-corrected chi connectivity index (χ1v) is 25.2. The van der Waals surface area contributed by atoms with Crippen molar-refractivity contribution in [3.8, 4) is 10.4 Å². The number of carbonyl (C=O) groups excluding carboxylic acids is 4. The summed E-state index contributed by atoms with van der Waals surface area (Å²) in [6.45, 7) is 11.4. The zero-order valence-corrected chi connectivity index (χ0v) is 43.2. The van der Waals surface area contributed by atoms with E-state index in [1.165, 1.54) is 17.0 Å². The molecule has 71 heavy (non-hydrogen) atoms. The third-order valence-electron chi connectivity index (χ3n) is 11.0. The minimum atomic E-state index is -1.33. The van der Waals surface area contributed by atoms with Crippen molar-refractivity contribution in [3.05, 3.63) is 98.0 Å². The van der Waals surface area contributed by atoms with Gasteiger partial charge in [0.05, 0.1) is 98.6 Å². The number of β-amino-alcohol motifs (C(OH)–C–C–N with tert-alkyl or cyclic N) is 1. The number of rotatable bonds is 29. The maximum atomic E-state index is 14.6. The maximum Gasteiger partial charge on any atom is 0.277 e. The molecule has 6 N–H and O–H groups in total. The third-order valence-corrected chi connectivity index (χ3v) is 12.7. The van der Waals surface area contributed by atoms with Gasteiger partial charge in [-0.1, -0.05) is 45.0 Å². The Bertz CT molecular complexity index is 2360. The summed E-state index contributed by atoms with van der Waals surface area (Å²) in [5, 5.41) is 21.9. The molecule has 0 radical (unpaired) electrons. The number of hydroxylamine groups is 1. The lowest BCUT2D eigenvalue weighted by atomic mass is 9.85. The third kappa shape index (κ3) is 18.3. The minimum Gasteiger partial charge on any atom is -0.391 e. The largest absolute Gasteiger partial charge is 0.391 e. The Morgan fingerprint density at radius 3 is 2.20 bits per heavy atom. The Balaban J connectivity index is 0.851. The predicted molar refractivity (Wildman–Crippen MR) is 269 cm³/mol. The van der Waals surface area contributed by atoms with Crippen LogP contribution < -0.4 is 26.7 Å². The van der Waals surface area contributed by atoms with E-state index in [0.717, 1.165) is 33.8 Å². The van der Waals surface area contributed by atoms with Crippen molar-refractivity contribution in [2.45, 2.75) is 71.7 Å². The average molecular weight is 1130 g/mol. The van der Waals surface area contributed by atoms with Crippen LogP contribution in [-0.4, -0.2) is 136 Å². The zero-order chi connectivity index (χ0) is 51.3. The van der Waals surface area contributed by atoms with E-state index in [0.29, 0.717) is 56.1 Å². The number of carbonyl (C=O) groups is 4. The predicted octanol–water partition coefficient (Wildman–Crippen LogP) is 5.79. The highest BCUT2D eigenvalue weighted by Crippen LogP contribution is 2.30. The van der Waals surface area contributed by atoms with Crippen molar-refractivity contribution in [2.75, 3.05) is 84.4 Å². The molecule has 17 nitrogen and oxygen atoms in total. The molecule has 5 rings (SSSR count). The van der Waals surface area contributed by atoms with E-state index in [-0.39, 0.29) is 75.4 Å². The van der Waals surface area contributed by atoms with Crippen LogP contribution in [0.15, 0.2) is 60.1 Å². The van der Waals surface area contributed by atoms with Gasteiger partial charge in [0.1, 0.15) is 17.9 Å². The van der Waals surface area contributed by atoms with Gasteiger partial charge in [-0.3, -0.25) is 24.0 Å². The molecule has 0 saturated carbocycles. The lowest BCUT2D eigenvalue weighted by Crippen LogP contribution is -2.57. The lowest BCUT2D eigenvalue weighted by Gasteiger charge is -2.35. The molecule has 0 spiro atoms. The van der Waals surface area contributed by atoms with E-state index in [4.69, 9.17) is 23.8 Å². The molecule has 1 aliphatic rings. The maximum absolute atomic E-state index is 14.6. The van der Waals surface area contributed by atoms with Gasteiger partial charge in [-0.05, 0) is 89.4 Å². The summed E-state index contributed by atoms with van der Waals surface area (Å²) in [7, 11) is 0. The first-order chi connectivity index (χ1) is 34.0. The van der Waals surface area contributed by atoms with Crippen LogP contribution >= 0.6 is 33.9 Å². The number of aliphatic hydroxyl groups is 1. The molecule has 22 heteroatoms. The normalized spacial score (nSPS) is 15.1. The van der Waals surface area contributed by atoms with Gasteiger partial charge in [0, 0.05) is 36.0 Å². The summed E-state index contributed by atoms with van der Waals surface area (Å²) in [6, 6.07) is 12.0. The summed E-state index contributed by atoms with van der Waals surface area (Å²) < 4.78 is 65.7. The highest BCUT2D eigenvalue weighted by molar-refractivity contribution is 14.1. The Labute approximate surface area is 429 Å². The molecular formula is C49H63F3IN7O10S. The monoisotopic (exact) mass is 1130 g/mol. The minimum absolute atomic E-state index is 0.00484. The molecule has 3 atom stereocenters. The van der Waals surface area contributed by atoms with Gasteiger partial charge < -0.3 is 50.2 Å². The summed E-state index contributed by atoms with van der Waals surface area (Å²) >= 11 is 3.48. The number of likely N-dealkylation sites (tertiary alicyclic amines) is 1. The van der Waals surface area contributed by atoms with Crippen LogP contribution in [0, 0.1) is 33.4 Å². The first-order valence-electron chi connectivity index (χ1n) is 23.2. The molecule has 4 aromatic rings. The van der Waals surface area contributed by atoms with Crippen molar-refractivity contribution in [3.63, 3.8) is 0 Å². The Morgan fingerprint density at radius 1 is 0.873 bits per heavy atom. The van der Waals surface area contributed by atoms with Gasteiger partial charge in [-0.25, -0.2) is 23.6 Å². The van der Waals surface area contributed by atoms with Crippen LogP contribution in [0.1, 0.15) is 61.6 Å². The number of hydrogen-bond donors (Lipinski definition) is 6. The highest BCUT2D eigenvalue weighted by atomic mass is 127. The van der Waals surface area contributed by atoms with Gasteiger partial charge in [0.15, 0.2) is 11.6 Å². The molecule has 1 aromatic heterocycles. The van der Waals surface area contributed by atoms with Gasteiger partial charge in [0.25, 0.3) is 5.91 Å². The number of thiazole rings is 1. The van der Waals surface area contributed by atoms with E-state index in [2.05, 4.69) is 31.7 Å². The van der Waals surface area contributed by atoms with Crippen LogP contribution in [0.3, 0.4) is 0 Å². The van der Waals surface area contributed by atoms with E-state index in [1.54, 1.807) is 22.9 Å². The summed E-state index contributed by atoms with van der Waals surface area (Å²) in [6.07, 6.45) is -0.264. The van der Waals surface area contributed by atoms with Crippen molar-refractivity contribution in [1.29, 1.82) is 0 Å². The van der Waals surface area contributed by atoms with Crippen LogP contribution in [0.4, 0.5) is 24.5 Å². The number of halogens is 4. The van der Waals surface area contributed by atoms with Crippen molar-refractivity contribution in [2.24, 2.45) is 5.41 Å². The number of aryl methyl sites for hydroxylation is 1. The summed E-state index contributed by atoms with van der Waals surface area (Å²) in [5.41, 5.74) is 5.28. The number of amides is 4. The van der Waals surface area contributed by atoms with E-state index in [1.807, 2.05) is 74.6 Å². The van der Waals surface area contributed by atoms with Gasteiger partial charge in [-0.15, -0.1) is 11.3 Å². The molecule has 3 aromatic carbocycles. The molecule has 4 amide bonds. The fraction of sp³-hybridized carbons (Fsp3) is 0.490. The number of anilines is 2. The van der Waals surface area contributed by atoms with Crippen LogP contribution in [0.25, 0.3) is 10.4 Å². The molecule has 1 fully saturated rings. The Morgan fingerprint density at radius 2 is 1.55 bits per heavy atom. The van der Waals surface area contributed by atoms with Gasteiger partial charge in [-0.2, -0.15) is 0 Å². The molecule has 1 saturated heterocycles. The molecule has 2 heterocycles. The molecule has 0 unspecified atom stereocenters. The number of nitrogens with one attached hydrogen (secondary N) is 5. The first kappa shape index (κ1) is 57.1. The van der Waals surface area contributed by atoms with Crippen LogP contribution in [-0.2, 0) is 44.7 Å². The summed E-state index contributed by atoms with van der Waals surface area (Å²) in [4.78, 5) is 64.9. The number of aromatic nitrogens is 1. The van der Waals surface area contributed by atoms with E-state index in [9.17, 15) is 37.5 Å². The zero-order valence-electron chi connectivity index (χ0n) is 40.3. The standard InChI is InChI=1S/C49H63F3IN7O10S/c1-31-44(71-30-56-31)33-8-6-32(7-9-33)28-55-47(64)40-27-35(61)29-60(40)48(65)45(49(2,3)4)58-41(62)14-18-66-20-22-68-24-25-69-23-21-67-19-16-54-15-5-17-70-59-46(63)36-11-12-37(50)42(52)43(36)57-39-13-10-34(53)26-38(39)51/h6-13,26,30,35,40,45,54,57,61H,5,14-25,27-29H2,1-4H3,(H,55,64)(H,58,62)(H,59,63)/t35-,40+,45-/m1/s1. The Kier molecular flexibility index (Phi) is 23.4. The number of nitrogens with zero attached hydrogens (tertiary/aromatic N) is 2. The summed E-state index contributed by atoms with van der Waals surface area (Å²) in [5.74, 6) is -5.27. The second kappa shape index (κ2) is 29.0. The Hall–Kier alpha value is -4.79. The fourth-order valence-electron chi connectivity index (χ4n) is 7.24. The number of aliphatic hydroxyl groups excluding tert-OH is 1. The second-order valence-electron chi connectivity index (χ2n) is 17.6. The number of benzene rings is 3. The van der Waals surface area contributed by atoms with Crippen molar-refractivity contribution < 1.29 is 61.2 Å². The quantitative estimate of drug-likeness (QED) is 0.0216. The van der Waals surface area contributed by atoms with Crippen molar-refractivity contribution >= 4 is 68.9 Å². The van der Waals surface area contributed by atoms with Crippen molar-refractivity contribution in [1.82, 2.24) is 31.3 Å².